The van der Waals surface area contributed by atoms with Gasteiger partial charge in [0.2, 0.25) is 0 Å². The summed E-state index contributed by atoms with van der Waals surface area (Å²) in [7, 11) is 0. The molecule has 1 amide bonds. The fraction of sp³-hybridized carbons (Fsp3) is 0.222. The Labute approximate surface area is 226 Å². The first kappa shape index (κ1) is 25.7. The molecule has 38 heavy (non-hydrogen) atoms. The third-order valence-corrected chi connectivity index (χ3v) is 7.43. The van der Waals surface area contributed by atoms with Crippen LogP contribution in [0.5, 0.6) is 5.75 Å². The third-order valence-electron chi connectivity index (χ3n) is 6.09. The van der Waals surface area contributed by atoms with Crippen LogP contribution >= 0.6 is 22.9 Å². The monoisotopic (exact) mass is 552 g/mol. The van der Waals surface area contributed by atoms with Gasteiger partial charge in [-0.15, -0.1) is 11.3 Å². The highest BCUT2D eigenvalue weighted by Gasteiger charge is 2.35. The number of anilines is 2. The Bertz CT molecular complexity index is 1550. The highest BCUT2D eigenvalue weighted by atomic mass is 35.5. The molecule has 0 spiro atoms. The lowest BCUT2D eigenvalue weighted by Gasteiger charge is -2.22. The lowest BCUT2D eigenvalue weighted by atomic mass is 10.2. The predicted octanol–water partition coefficient (Wildman–Crippen LogP) is 5.66. The molecule has 1 saturated heterocycles. The molecule has 2 aromatic carbocycles. The van der Waals surface area contributed by atoms with Crippen LogP contribution in [0, 0.1) is 17.7 Å². The number of thiophene rings is 1. The molecule has 2 aromatic heterocycles. The standard InChI is InChI=1S/C27H22ClFN4O4S/c28-22-11-18(4-9-24(22)37-14-16-2-1-3-17(29)10-16)32-26-25-23(30-15-31-26)12-21(38-25)8-7-19-5-6-20(13-34)33(19)27(35)36/h1-4,9-12,15,19-20,34H,5-6,13-14H2,(H,35,36)(H,30,31,32)/t19?,20-/m0/s1. The van der Waals surface area contributed by atoms with Gasteiger partial charge in [-0.3, -0.25) is 4.90 Å². The lowest BCUT2D eigenvalue weighted by Crippen LogP contribution is -2.41. The predicted molar refractivity (Wildman–Crippen MR) is 144 cm³/mol. The van der Waals surface area contributed by atoms with Crippen molar-refractivity contribution in [1.29, 1.82) is 0 Å². The van der Waals surface area contributed by atoms with E-state index >= 15 is 0 Å². The summed E-state index contributed by atoms with van der Waals surface area (Å²) in [5, 5.41) is 22.6. The SMILES string of the molecule is O=C(O)N1C(C#Cc2cc3ncnc(Nc4ccc(OCc5cccc(F)c5)c(Cl)c4)c3s2)CC[C@H]1CO. The molecule has 5 rings (SSSR count). The molecule has 194 valence electrons. The van der Waals surface area contributed by atoms with Gasteiger partial charge < -0.3 is 20.3 Å². The number of nitrogens with zero attached hydrogens (tertiary/aromatic N) is 3. The highest BCUT2D eigenvalue weighted by molar-refractivity contribution is 7.20. The van der Waals surface area contributed by atoms with E-state index < -0.39 is 18.2 Å². The number of likely N-dealkylation sites (tertiary alicyclic amines) is 1. The number of aliphatic hydroxyl groups is 1. The van der Waals surface area contributed by atoms with E-state index in [4.69, 9.17) is 16.3 Å². The van der Waals surface area contributed by atoms with Gasteiger partial charge in [-0.1, -0.05) is 35.6 Å². The van der Waals surface area contributed by atoms with Crippen LogP contribution < -0.4 is 10.1 Å². The summed E-state index contributed by atoms with van der Waals surface area (Å²) in [5.41, 5.74) is 2.08. The summed E-state index contributed by atoms with van der Waals surface area (Å²) < 4.78 is 19.9. The van der Waals surface area contributed by atoms with Gasteiger partial charge in [0.15, 0.2) is 5.82 Å². The molecule has 2 atom stereocenters. The molecule has 1 aliphatic heterocycles. The van der Waals surface area contributed by atoms with Gasteiger partial charge in [-0.25, -0.2) is 19.2 Å². The first-order valence-electron chi connectivity index (χ1n) is 11.7. The number of halogens is 2. The second-order valence-corrected chi connectivity index (χ2v) is 10.1. The van der Waals surface area contributed by atoms with E-state index in [2.05, 4.69) is 27.1 Å². The van der Waals surface area contributed by atoms with Crippen molar-refractivity contribution in [1.82, 2.24) is 14.9 Å². The van der Waals surface area contributed by atoms with Crippen LogP contribution in [0.1, 0.15) is 23.3 Å². The number of amides is 1. The van der Waals surface area contributed by atoms with Crippen LogP contribution in [-0.4, -0.2) is 49.9 Å². The molecule has 0 aliphatic carbocycles. The van der Waals surface area contributed by atoms with E-state index in [1.54, 1.807) is 30.3 Å². The Balaban J connectivity index is 1.31. The van der Waals surface area contributed by atoms with Crippen molar-refractivity contribution < 1.29 is 24.1 Å². The Hall–Kier alpha value is -3.91. The van der Waals surface area contributed by atoms with Crippen LogP contribution in [0.25, 0.3) is 10.2 Å². The Morgan fingerprint density at radius 1 is 1.24 bits per heavy atom. The van der Waals surface area contributed by atoms with Gasteiger partial charge in [-0.2, -0.15) is 0 Å². The first-order chi connectivity index (χ1) is 18.4. The third kappa shape index (κ3) is 5.65. The quantitative estimate of drug-likeness (QED) is 0.265. The van der Waals surface area contributed by atoms with E-state index in [0.717, 1.165) is 9.58 Å². The van der Waals surface area contributed by atoms with Gasteiger partial charge in [0.05, 0.1) is 38.8 Å². The van der Waals surface area contributed by atoms with Gasteiger partial charge in [-0.05, 0) is 54.8 Å². The topological polar surface area (TPSA) is 108 Å². The van der Waals surface area contributed by atoms with Crippen molar-refractivity contribution in [3.05, 3.63) is 76.1 Å². The minimum atomic E-state index is -1.08. The maximum Gasteiger partial charge on any atom is 0.408 e. The number of aliphatic hydroxyl groups excluding tert-OH is 1. The largest absolute Gasteiger partial charge is 0.487 e. The zero-order valence-electron chi connectivity index (χ0n) is 19.9. The second kappa shape index (κ2) is 11.2. The van der Waals surface area contributed by atoms with E-state index in [1.807, 2.05) is 6.07 Å². The van der Waals surface area contributed by atoms with Crippen LogP contribution in [0.4, 0.5) is 20.7 Å². The van der Waals surface area contributed by atoms with Crippen molar-refractivity contribution in [2.75, 3.05) is 11.9 Å². The number of carboxylic acid groups (broad SMARTS) is 1. The molecule has 1 fully saturated rings. The normalized spacial score (nSPS) is 16.8. The number of carbonyl (C=O) groups is 1. The number of fused-ring (bicyclic) bond motifs is 1. The summed E-state index contributed by atoms with van der Waals surface area (Å²) in [6.07, 6.45) is 1.51. The number of hydrogen-bond acceptors (Lipinski definition) is 7. The van der Waals surface area contributed by atoms with E-state index in [-0.39, 0.29) is 19.0 Å². The summed E-state index contributed by atoms with van der Waals surface area (Å²) in [6.45, 7) is -0.0380. The number of rotatable bonds is 6. The molecule has 0 bridgehead atoms. The van der Waals surface area contributed by atoms with Crippen LogP contribution in [0.3, 0.4) is 0 Å². The second-order valence-electron chi connectivity index (χ2n) is 8.62. The van der Waals surface area contributed by atoms with Crippen molar-refractivity contribution in [3.63, 3.8) is 0 Å². The fourth-order valence-electron chi connectivity index (χ4n) is 4.27. The summed E-state index contributed by atoms with van der Waals surface area (Å²) in [5.74, 6) is 6.82. The molecule has 0 saturated carbocycles. The Morgan fingerprint density at radius 3 is 2.87 bits per heavy atom. The Morgan fingerprint density at radius 2 is 2.11 bits per heavy atom. The summed E-state index contributed by atoms with van der Waals surface area (Å²) in [6, 6.07) is 12.3. The van der Waals surface area contributed by atoms with Crippen molar-refractivity contribution in [3.8, 4) is 17.6 Å². The maximum absolute atomic E-state index is 13.4. The van der Waals surface area contributed by atoms with Gasteiger partial charge in [0, 0.05) is 5.69 Å². The molecule has 1 unspecified atom stereocenters. The van der Waals surface area contributed by atoms with E-state index in [1.165, 1.54) is 34.7 Å². The van der Waals surface area contributed by atoms with Gasteiger partial charge >= 0.3 is 6.09 Å². The number of hydrogen-bond donors (Lipinski definition) is 3. The van der Waals surface area contributed by atoms with Gasteiger partial charge in [0.25, 0.3) is 0 Å². The molecular formula is C27H22ClFN4O4S. The first-order valence-corrected chi connectivity index (χ1v) is 12.9. The average molecular weight is 553 g/mol. The van der Waals surface area contributed by atoms with Crippen molar-refractivity contribution in [2.45, 2.75) is 31.5 Å². The highest BCUT2D eigenvalue weighted by Crippen LogP contribution is 2.34. The Kier molecular flexibility index (Phi) is 7.60. The summed E-state index contributed by atoms with van der Waals surface area (Å²) in [4.78, 5) is 22.2. The molecule has 3 N–H and O–H groups in total. The number of ether oxygens (including phenoxy) is 1. The van der Waals surface area contributed by atoms with Gasteiger partial charge in [0.1, 0.15) is 24.5 Å². The molecular weight excluding hydrogens is 531 g/mol. The average Bonchev–Trinajstić information content (AvgIpc) is 3.51. The van der Waals surface area contributed by atoms with Crippen molar-refractivity contribution in [2.24, 2.45) is 0 Å². The zero-order valence-corrected chi connectivity index (χ0v) is 21.5. The van der Waals surface area contributed by atoms with Crippen LogP contribution in [0.2, 0.25) is 5.02 Å². The molecule has 11 heteroatoms. The van der Waals surface area contributed by atoms with Crippen molar-refractivity contribution >= 4 is 50.8 Å². The number of aromatic nitrogens is 2. The molecule has 1 aliphatic rings. The maximum atomic E-state index is 13.4. The number of nitrogens with one attached hydrogen (secondary N) is 1. The lowest BCUT2D eigenvalue weighted by molar-refractivity contribution is 0.109. The molecule has 0 radical (unpaired) electrons. The smallest absolute Gasteiger partial charge is 0.408 e. The van der Waals surface area contributed by atoms with E-state index in [9.17, 15) is 19.4 Å². The zero-order chi connectivity index (χ0) is 26.6. The van der Waals surface area contributed by atoms with Crippen LogP contribution in [-0.2, 0) is 6.61 Å². The molecule has 4 aromatic rings. The summed E-state index contributed by atoms with van der Waals surface area (Å²) >= 11 is 7.82. The molecule has 8 nitrogen and oxygen atoms in total. The fourth-order valence-corrected chi connectivity index (χ4v) is 5.43. The van der Waals surface area contributed by atoms with Crippen LogP contribution in [0.15, 0.2) is 54.9 Å². The number of benzene rings is 2. The van der Waals surface area contributed by atoms with E-state index in [0.29, 0.717) is 46.2 Å². The minimum absolute atomic E-state index is 0.182. The minimum Gasteiger partial charge on any atom is -0.487 e. The molecule has 3 heterocycles.